The van der Waals surface area contributed by atoms with Gasteiger partial charge in [-0.05, 0) is 192 Å². The van der Waals surface area contributed by atoms with Crippen LogP contribution in [0.5, 0.6) is 0 Å². The van der Waals surface area contributed by atoms with E-state index in [0.29, 0.717) is 0 Å². The lowest BCUT2D eigenvalue weighted by molar-refractivity contribution is 0.586. The van der Waals surface area contributed by atoms with Crippen LogP contribution in [0.25, 0.3) is 0 Å². The van der Waals surface area contributed by atoms with Gasteiger partial charge in [-0.2, -0.15) is 0 Å². The van der Waals surface area contributed by atoms with Crippen LogP contribution in [0.2, 0.25) is 0 Å². The van der Waals surface area contributed by atoms with Gasteiger partial charge in [0.1, 0.15) is 0 Å². The lowest BCUT2D eigenvalue weighted by Gasteiger charge is -2.46. The van der Waals surface area contributed by atoms with Crippen LogP contribution in [0.15, 0.2) is 273 Å². The molecule has 0 bridgehead atoms. The minimum Gasteiger partial charge on any atom is -0.311 e. The Bertz CT molecular complexity index is 4900. The van der Waals surface area contributed by atoms with Gasteiger partial charge in [-0.3, -0.25) is 0 Å². The molecule has 0 spiro atoms. The lowest BCUT2D eigenvalue weighted by atomic mass is 9.29. The number of fused-ring (bicyclic) bond motifs is 8. The van der Waals surface area contributed by atoms with Crippen molar-refractivity contribution in [1.29, 1.82) is 0 Å². The molecule has 0 atom stereocenters. The fourth-order valence-corrected chi connectivity index (χ4v) is 16.4. The van der Waals surface area contributed by atoms with E-state index in [1.807, 2.05) is 0 Å². The van der Waals surface area contributed by atoms with E-state index in [1.54, 1.807) is 0 Å². The van der Waals surface area contributed by atoms with Crippen LogP contribution in [-0.4, -0.2) is 13.4 Å². The zero-order valence-electron chi connectivity index (χ0n) is 57.6. The quantitative estimate of drug-likeness (QED) is 0.134. The highest BCUT2D eigenvalue weighted by atomic mass is 15.2. The van der Waals surface area contributed by atoms with Crippen molar-refractivity contribution in [2.75, 3.05) is 24.5 Å². The van der Waals surface area contributed by atoms with Crippen molar-refractivity contribution >= 4 is 132 Å². The summed E-state index contributed by atoms with van der Waals surface area (Å²) in [5, 5.41) is 0. The topological polar surface area (TPSA) is 16.2 Å². The number of para-hydroxylation sites is 9. The van der Waals surface area contributed by atoms with Crippen LogP contribution in [-0.2, 0) is 28.1 Å². The van der Waals surface area contributed by atoms with Gasteiger partial charge in [0.15, 0.2) is 0 Å². The molecule has 0 unspecified atom stereocenters. The van der Waals surface area contributed by atoms with Gasteiger partial charge in [-0.25, -0.2) is 0 Å². The Kier molecular flexibility index (Phi) is 14.4. The van der Waals surface area contributed by atoms with E-state index in [2.05, 4.69) is 381 Å². The number of nitrogens with zero attached hydrogens (tertiary/aromatic N) is 5. The summed E-state index contributed by atoms with van der Waals surface area (Å²) in [5.74, 6) is 0. The van der Waals surface area contributed by atoms with Crippen LogP contribution in [0.3, 0.4) is 0 Å². The first-order valence-electron chi connectivity index (χ1n) is 34.5. The van der Waals surface area contributed by atoms with Gasteiger partial charge in [-0.1, -0.05) is 258 Å². The zero-order valence-corrected chi connectivity index (χ0v) is 57.6. The number of benzene rings is 12. The number of rotatable bonds is 9. The van der Waals surface area contributed by atoms with Crippen molar-refractivity contribution in [2.45, 2.75) is 111 Å². The smallest absolute Gasteiger partial charge is 0.252 e. The highest BCUT2D eigenvalue weighted by Crippen LogP contribution is 2.53. The Balaban J connectivity index is 1.00. The molecule has 0 saturated carbocycles. The van der Waals surface area contributed by atoms with E-state index in [4.69, 9.17) is 0 Å². The molecule has 470 valence electrons. The van der Waals surface area contributed by atoms with E-state index in [-0.39, 0.29) is 35.1 Å². The number of hydrogen-bond acceptors (Lipinski definition) is 5. The van der Waals surface area contributed by atoms with Crippen molar-refractivity contribution in [3.05, 3.63) is 306 Å². The Morgan fingerprint density at radius 3 is 0.958 bits per heavy atom. The Labute approximate surface area is 570 Å². The van der Waals surface area contributed by atoms with Crippen molar-refractivity contribution in [3.63, 3.8) is 0 Å². The molecule has 96 heavy (non-hydrogen) atoms. The molecule has 12 aromatic carbocycles. The summed E-state index contributed by atoms with van der Waals surface area (Å²) < 4.78 is 0. The van der Waals surface area contributed by atoms with Crippen molar-refractivity contribution in [3.8, 4) is 0 Å². The SMILES string of the molecule is CC(C)(C)c1ccccc1N(c1cc2c3c(c1)N(c1ccccc1)c1ccccc1B3c1cc3c(cc1C2)N(c1ccccc1)c1cc(N(c2ccccc2C(C)(C)C)c2ccccc2C(C)(C)C)cc2c1B3c1ccccc1N2c1ccccc1)c1ccccc1C(C)(C)C. The third-order valence-corrected chi connectivity index (χ3v) is 20.5. The summed E-state index contributed by atoms with van der Waals surface area (Å²) in [5.41, 5.74) is 32.6. The molecule has 7 heteroatoms. The van der Waals surface area contributed by atoms with E-state index >= 15 is 0 Å². The predicted molar refractivity (Wildman–Crippen MR) is 413 cm³/mol. The monoisotopic (exact) mass is 1240 g/mol. The summed E-state index contributed by atoms with van der Waals surface area (Å²) in [6, 6.07) is 104. The van der Waals surface area contributed by atoms with E-state index in [0.717, 1.165) is 34.9 Å². The predicted octanol–water partition coefficient (Wildman–Crippen LogP) is 20.1. The fourth-order valence-electron chi connectivity index (χ4n) is 16.4. The van der Waals surface area contributed by atoms with Gasteiger partial charge < -0.3 is 24.5 Å². The van der Waals surface area contributed by atoms with Gasteiger partial charge in [0.25, 0.3) is 6.71 Å². The first-order valence-corrected chi connectivity index (χ1v) is 34.5. The van der Waals surface area contributed by atoms with Gasteiger partial charge in [0, 0.05) is 79.6 Å². The molecule has 0 fully saturated rings. The number of anilines is 15. The zero-order chi connectivity index (χ0) is 66.2. The van der Waals surface area contributed by atoms with Gasteiger partial charge >= 0.3 is 0 Å². The molecular formula is C89H83B2N5. The van der Waals surface area contributed by atoms with Crippen LogP contribution < -0.4 is 57.3 Å². The molecule has 0 aromatic heterocycles. The van der Waals surface area contributed by atoms with Crippen molar-refractivity contribution in [1.82, 2.24) is 0 Å². The van der Waals surface area contributed by atoms with Gasteiger partial charge in [-0.15, -0.1) is 0 Å². The third-order valence-electron chi connectivity index (χ3n) is 20.5. The molecular weight excluding hydrogens is 1160 g/mol. The van der Waals surface area contributed by atoms with E-state index < -0.39 is 0 Å². The average Bonchev–Trinajstić information content (AvgIpc) is 0.691. The molecule has 4 heterocycles. The molecule has 4 aliphatic rings. The van der Waals surface area contributed by atoms with Crippen LogP contribution >= 0.6 is 0 Å². The highest BCUT2D eigenvalue weighted by molar-refractivity contribution is 7.02. The molecule has 0 N–H and O–H groups in total. The first-order chi connectivity index (χ1) is 46.2. The summed E-state index contributed by atoms with van der Waals surface area (Å²) in [4.78, 5) is 13.0. The van der Waals surface area contributed by atoms with Crippen LogP contribution in [0.1, 0.15) is 116 Å². The molecule has 0 aliphatic carbocycles. The maximum atomic E-state index is 2.68. The van der Waals surface area contributed by atoms with E-state index in [1.165, 1.54) is 123 Å². The molecule has 16 rings (SSSR count). The molecule has 0 amide bonds. The lowest BCUT2D eigenvalue weighted by Crippen LogP contribution is -2.65. The standard InChI is InChI=1S/C89H83B2N5/c1-86(2,3)66-40-22-28-46-74(66)95(75-47-29-23-41-67(75)87(4,5)6)64-53-60-52-59-54-80-73(58-72(59)90-70-44-26-32-50-78(70)92(81(55-64)84(60)90)61-34-16-13-17-35-61)91-71-45-27-33-51-79(71)93(62-36-18-14-19-37-62)82-56-65(57-83(85(82)91)94(80)63-38-20-15-21-39-63)96(76-48-30-24-42-68(76)88(7,8)9)77-49-31-25-43-69(77)89(10,11)12/h13-51,53-58H,52H2,1-12H3. The normalized spacial score (nSPS) is 13.7. The molecule has 4 aliphatic heterocycles. The Hall–Kier alpha value is -10.2. The third kappa shape index (κ3) is 9.98. The first kappa shape index (κ1) is 60.7. The van der Waals surface area contributed by atoms with Crippen molar-refractivity contribution < 1.29 is 0 Å². The Morgan fingerprint density at radius 2 is 0.573 bits per heavy atom. The molecule has 0 radical (unpaired) electrons. The second kappa shape index (κ2) is 22.7. The minimum atomic E-state index is -0.173. The maximum Gasteiger partial charge on any atom is 0.252 e. The van der Waals surface area contributed by atoms with Crippen LogP contribution in [0, 0.1) is 0 Å². The Morgan fingerprint density at radius 1 is 0.260 bits per heavy atom. The molecule has 12 aromatic rings. The van der Waals surface area contributed by atoms with Crippen LogP contribution in [0.4, 0.5) is 85.3 Å². The largest absolute Gasteiger partial charge is 0.311 e. The second-order valence-corrected chi connectivity index (χ2v) is 31.0. The summed E-state index contributed by atoms with van der Waals surface area (Å²) in [6.45, 7) is 28.0. The summed E-state index contributed by atoms with van der Waals surface area (Å²) in [7, 11) is 0. The van der Waals surface area contributed by atoms with Gasteiger partial charge in [0.05, 0.1) is 5.69 Å². The highest BCUT2D eigenvalue weighted by Gasteiger charge is 2.48. The second-order valence-electron chi connectivity index (χ2n) is 31.0. The molecule has 0 saturated heterocycles. The average molecular weight is 1240 g/mol. The minimum absolute atomic E-state index is 0.0705. The fraction of sp³-hybridized carbons (Fsp3) is 0.191. The molecule has 5 nitrogen and oxygen atoms in total. The summed E-state index contributed by atoms with van der Waals surface area (Å²) in [6.07, 6.45) is 0.737. The maximum absolute atomic E-state index is 2.68. The van der Waals surface area contributed by atoms with Crippen molar-refractivity contribution in [2.24, 2.45) is 0 Å². The van der Waals surface area contributed by atoms with Gasteiger partial charge in [0.2, 0.25) is 6.71 Å². The summed E-state index contributed by atoms with van der Waals surface area (Å²) >= 11 is 0. The number of hydrogen-bond donors (Lipinski definition) is 0. The van der Waals surface area contributed by atoms with E-state index in [9.17, 15) is 0 Å².